The Kier molecular flexibility index (Phi) is 5.74. The van der Waals surface area contributed by atoms with Crippen molar-refractivity contribution in [3.8, 4) is 5.75 Å². The SMILES string of the molecule is FC(F)(F)c1ccc(CSc2nnc(COc3ccccc3Cl)n2C2CC2)cc1. The van der Waals surface area contributed by atoms with E-state index in [1.807, 2.05) is 12.1 Å². The summed E-state index contributed by atoms with van der Waals surface area (Å²) in [6.07, 6.45) is -2.23. The van der Waals surface area contributed by atoms with Crippen LogP contribution in [-0.2, 0) is 18.5 Å². The first-order valence-electron chi connectivity index (χ1n) is 9.02. The number of alkyl halides is 3. The van der Waals surface area contributed by atoms with Gasteiger partial charge in [0, 0.05) is 11.8 Å². The van der Waals surface area contributed by atoms with Crippen LogP contribution in [0.4, 0.5) is 13.2 Å². The summed E-state index contributed by atoms with van der Waals surface area (Å²) >= 11 is 7.58. The number of halogens is 4. The van der Waals surface area contributed by atoms with Gasteiger partial charge >= 0.3 is 6.18 Å². The van der Waals surface area contributed by atoms with Crippen LogP contribution in [0.5, 0.6) is 5.75 Å². The van der Waals surface area contributed by atoms with E-state index in [-0.39, 0.29) is 6.61 Å². The normalized spacial score (nSPS) is 14.2. The Balaban J connectivity index is 1.44. The Morgan fingerprint density at radius 2 is 1.79 bits per heavy atom. The first-order valence-corrected chi connectivity index (χ1v) is 10.4. The predicted octanol–water partition coefficient (Wildman–Crippen LogP) is 6.16. The van der Waals surface area contributed by atoms with Crippen LogP contribution in [0.3, 0.4) is 0 Å². The van der Waals surface area contributed by atoms with Crippen LogP contribution < -0.4 is 4.74 Å². The van der Waals surface area contributed by atoms with Gasteiger partial charge in [-0.25, -0.2) is 0 Å². The molecule has 0 saturated heterocycles. The van der Waals surface area contributed by atoms with Crippen LogP contribution in [0.15, 0.2) is 53.7 Å². The number of rotatable bonds is 7. The van der Waals surface area contributed by atoms with Crippen molar-refractivity contribution in [1.29, 1.82) is 0 Å². The van der Waals surface area contributed by atoms with E-state index < -0.39 is 11.7 Å². The summed E-state index contributed by atoms with van der Waals surface area (Å²) in [5.41, 5.74) is 0.147. The van der Waals surface area contributed by atoms with Gasteiger partial charge in [-0.2, -0.15) is 13.2 Å². The third-order valence-electron chi connectivity index (χ3n) is 4.49. The average Bonchev–Trinajstić information content (AvgIpc) is 3.45. The highest BCUT2D eigenvalue weighted by Crippen LogP contribution is 2.39. The van der Waals surface area contributed by atoms with Gasteiger partial charge in [-0.1, -0.05) is 47.6 Å². The maximum atomic E-state index is 12.7. The van der Waals surface area contributed by atoms with Gasteiger partial charge in [0.1, 0.15) is 12.4 Å². The van der Waals surface area contributed by atoms with Gasteiger partial charge in [-0.3, -0.25) is 4.57 Å². The molecule has 1 fully saturated rings. The molecule has 1 aliphatic carbocycles. The molecule has 2 aromatic carbocycles. The average molecular weight is 440 g/mol. The van der Waals surface area contributed by atoms with Crippen molar-refractivity contribution in [2.75, 3.05) is 0 Å². The van der Waals surface area contributed by atoms with Crippen molar-refractivity contribution in [3.63, 3.8) is 0 Å². The van der Waals surface area contributed by atoms with Gasteiger partial charge in [0.25, 0.3) is 0 Å². The molecule has 4 nitrogen and oxygen atoms in total. The standard InChI is InChI=1S/C20H17ClF3N3OS/c21-16-3-1-2-4-17(16)28-11-18-25-26-19(27(18)15-9-10-15)29-12-13-5-7-14(8-6-13)20(22,23)24/h1-8,15H,9-12H2. The van der Waals surface area contributed by atoms with Crippen LogP contribution in [0.1, 0.15) is 35.8 Å². The number of nitrogens with zero attached hydrogens (tertiary/aromatic N) is 3. The number of hydrogen-bond acceptors (Lipinski definition) is 4. The second kappa shape index (κ2) is 8.28. The van der Waals surface area contributed by atoms with E-state index in [0.717, 1.165) is 35.7 Å². The lowest BCUT2D eigenvalue weighted by molar-refractivity contribution is -0.137. The molecule has 0 atom stereocenters. The molecule has 1 saturated carbocycles. The lowest BCUT2D eigenvalue weighted by atomic mass is 10.1. The van der Waals surface area contributed by atoms with Crippen molar-refractivity contribution in [1.82, 2.24) is 14.8 Å². The Morgan fingerprint density at radius 3 is 2.45 bits per heavy atom. The van der Waals surface area contributed by atoms with Crippen molar-refractivity contribution < 1.29 is 17.9 Å². The molecule has 1 aliphatic rings. The first-order chi connectivity index (χ1) is 13.9. The van der Waals surface area contributed by atoms with Gasteiger partial charge in [-0.15, -0.1) is 10.2 Å². The topological polar surface area (TPSA) is 39.9 Å². The Morgan fingerprint density at radius 1 is 1.07 bits per heavy atom. The van der Waals surface area contributed by atoms with E-state index in [2.05, 4.69) is 14.8 Å². The van der Waals surface area contributed by atoms with Gasteiger partial charge in [0.05, 0.1) is 10.6 Å². The van der Waals surface area contributed by atoms with E-state index in [1.165, 1.54) is 23.9 Å². The zero-order valence-corrected chi connectivity index (χ0v) is 16.8. The molecule has 1 aromatic heterocycles. The number of ether oxygens (including phenoxy) is 1. The van der Waals surface area contributed by atoms with Crippen LogP contribution >= 0.6 is 23.4 Å². The fraction of sp³-hybridized carbons (Fsp3) is 0.300. The highest BCUT2D eigenvalue weighted by Gasteiger charge is 2.31. The summed E-state index contributed by atoms with van der Waals surface area (Å²) in [6.45, 7) is 0.244. The molecule has 9 heteroatoms. The predicted molar refractivity (Wildman–Crippen MR) is 105 cm³/mol. The molecule has 0 amide bonds. The van der Waals surface area contributed by atoms with Crippen molar-refractivity contribution in [2.45, 2.75) is 42.6 Å². The van der Waals surface area contributed by atoms with Crippen LogP contribution in [-0.4, -0.2) is 14.8 Å². The van der Waals surface area contributed by atoms with E-state index in [0.29, 0.717) is 28.4 Å². The fourth-order valence-electron chi connectivity index (χ4n) is 2.85. The number of hydrogen-bond donors (Lipinski definition) is 0. The molecular weight excluding hydrogens is 423 g/mol. The molecule has 0 aliphatic heterocycles. The molecule has 0 N–H and O–H groups in total. The molecule has 0 unspecified atom stereocenters. The van der Waals surface area contributed by atoms with Crippen molar-refractivity contribution in [2.24, 2.45) is 0 Å². The van der Waals surface area contributed by atoms with E-state index in [1.54, 1.807) is 12.1 Å². The second-order valence-electron chi connectivity index (χ2n) is 6.70. The summed E-state index contributed by atoms with van der Waals surface area (Å²) in [7, 11) is 0. The maximum Gasteiger partial charge on any atom is 0.416 e. The zero-order chi connectivity index (χ0) is 20.4. The zero-order valence-electron chi connectivity index (χ0n) is 15.2. The number of para-hydroxylation sites is 1. The minimum atomic E-state index is -4.33. The minimum Gasteiger partial charge on any atom is -0.484 e. The molecular formula is C20H17ClF3N3OS. The number of aromatic nitrogens is 3. The van der Waals surface area contributed by atoms with Crippen molar-refractivity contribution in [3.05, 3.63) is 70.5 Å². The molecule has 0 bridgehead atoms. The maximum absolute atomic E-state index is 12.7. The number of thioether (sulfide) groups is 1. The van der Waals surface area contributed by atoms with Gasteiger partial charge < -0.3 is 4.74 Å². The first kappa shape index (κ1) is 20.1. The summed E-state index contributed by atoms with van der Waals surface area (Å²) in [5, 5.41) is 9.79. The molecule has 29 heavy (non-hydrogen) atoms. The van der Waals surface area contributed by atoms with Crippen molar-refractivity contribution >= 4 is 23.4 Å². The molecule has 0 spiro atoms. The van der Waals surface area contributed by atoms with Crippen LogP contribution in [0.25, 0.3) is 0 Å². The summed E-state index contributed by atoms with van der Waals surface area (Å²) in [4.78, 5) is 0. The van der Waals surface area contributed by atoms with Gasteiger partial charge in [0.2, 0.25) is 0 Å². The Labute approximate surface area is 175 Å². The Bertz CT molecular complexity index is 987. The van der Waals surface area contributed by atoms with E-state index in [9.17, 15) is 13.2 Å². The van der Waals surface area contributed by atoms with Gasteiger partial charge in [-0.05, 0) is 42.7 Å². The van der Waals surface area contributed by atoms with Crippen LogP contribution in [0, 0.1) is 0 Å². The van der Waals surface area contributed by atoms with Gasteiger partial charge in [0.15, 0.2) is 11.0 Å². The summed E-state index contributed by atoms with van der Waals surface area (Å²) < 4.78 is 45.9. The highest BCUT2D eigenvalue weighted by molar-refractivity contribution is 7.98. The lowest BCUT2D eigenvalue weighted by Gasteiger charge is -2.11. The number of benzene rings is 2. The largest absolute Gasteiger partial charge is 0.484 e. The highest BCUT2D eigenvalue weighted by atomic mass is 35.5. The van der Waals surface area contributed by atoms with E-state index in [4.69, 9.17) is 16.3 Å². The molecule has 152 valence electrons. The van der Waals surface area contributed by atoms with E-state index >= 15 is 0 Å². The fourth-order valence-corrected chi connectivity index (χ4v) is 4.02. The quantitative estimate of drug-likeness (QED) is 0.413. The smallest absolute Gasteiger partial charge is 0.416 e. The molecule has 4 rings (SSSR count). The third-order valence-corrected chi connectivity index (χ3v) is 5.82. The monoisotopic (exact) mass is 439 g/mol. The third kappa shape index (κ3) is 4.87. The second-order valence-corrected chi connectivity index (χ2v) is 8.05. The molecule has 3 aromatic rings. The molecule has 1 heterocycles. The summed E-state index contributed by atoms with van der Waals surface area (Å²) in [6, 6.07) is 12.8. The summed E-state index contributed by atoms with van der Waals surface area (Å²) in [5.74, 6) is 1.80. The van der Waals surface area contributed by atoms with Crippen LogP contribution in [0.2, 0.25) is 5.02 Å². The lowest BCUT2D eigenvalue weighted by Crippen LogP contribution is -2.07. The minimum absolute atomic E-state index is 0.244. The molecule has 0 radical (unpaired) electrons. The Hall–Kier alpha value is -2.19.